The first kappa shape index (κ1) is 22.7. The molecule has 2 aliphatic heterocycles. The minimum Gasteiger partial charge on any atom is -0.496 e. The smallest absolute Gasteiger partial charge is 0.227 e. The number of hydrogen-bond donors (Lipinski definition) is 0. The van der Waals surface area contributed by atoms with Crippen LogP contribution in [0.25, 0.3) is 0 Å². The number of nitrogens with zero attached hydrogens (tertiary/aromatic N) is 4. The molecular formula is C27H31FN4O2. The van der Waals surface area contributed by atoms with Gasteiger partial charge < -0.3 is 19.4 Å². The van der Waals surface area contributed by atoms with Gasteiger partial charge in [-0.15, -0.1) is 0 Å². The molecule has 0 unspecified atom stereocenters. The van der Waals surface area contributed by atoms with Gasteiger partial charge in [-0.1, -0.05) is 18.2 Å². The van der Waals surface area contributed by atoms with Gasteiger partial charge in [0, 0.05) is 38.8 Å². The van der Waals surface area contributed by atoms with Crippen LogP contribution in [-0.4, -0.2) is 68.6 Å². The van der Waals surface area contributed by atoms with Crippen LogP contribution in [0.5, 0.6) is 5.75 Å². The number of likely N-dealkylation sites (tertiary alicyclic amines) is 1. The summed E-state index contributed by atoms with van der Waals surface area (Å²) < 4.78 is 19.7. The lowest BCUT2D eigenvalue weighted by atomic mass is 9.72. The molecule has 2 fully saturated rings. The van der Waals surface area contributed by atoms with Crippen molar-refractivity contribution in [2.75, 3.05) is 51.8 Å². The van der Waals surface area contributed by atoms with Crippen molar-refractivity contribution < 1.29 is 13.9 Å². The first-order valence-corrected chi connectivity index (χ1v) is 12.1. The van der Waals surface area contributed by atoms with Gasteiger partial charge in [0.05, 0.1) is 18.7 Å². The molecule has 3 atom stereocenters. The number of anilines is 1. The Bertz CT molecular complexity index is 1120. The quantitative estimate of drug-likeness (QED) is 0.702. The van der Waals surface area contributed by atoms with E-state index in [9.17, 15) is 14.4 Å². The Balaban J connectivity index is 1.25. The second-order valence-electron chi connectivity index (χ2n) is 9.76. The maximum absolute atomic E-state index is 14.0. The highest BCUT2D eigenvalue weighted by atomic mass is 19.1. The third-order valence-corrected chi connectivity index (χ3v) is 7.94. The monoisotopic (exact) mass is 462 g/mol. The van der Waals surface area contributed by atoms with Crippen LogP contribution in [0.15, 0.2) is 36.4 Å². The number of ether oxygens (including phenoxy) is 1. The summed E-state index contributed by atoms with van der Waals surface area (Å²) in [4.78, 5) is 19.9. The van der Waals surface area contributed by atoms with Gasteiger partial charge in [-0.05, 0) is 61.6 Å². The van der Waals surface area contributed by atoms with Crippen LogP contribution >= 0.6 is 0 Å². The zero-order valence-electron chi connectivity index (χ0n) is 19.8. The Morgan fingerprint density at radius 2 is 1.88 bits per heavy atom. The molecule has 0 aromatic heterocycles. The molecule has 6 nitrogen and oxygen atoms in total. The van der Waals surface area contributed by atoms with Gasteiger partial charge in [0.15, 0.2) is 0 Å². The number of rotatable bonds is 3. The zero-order valence-corrected chi connectivity index (χ0v) is 19.8. The second-order valence-corrected chi connectivity index (χ2v) is 9.76. The Morgan fingerprint density at radius 1 is 1.12 bits per heavy atom. The first-order valence-electron chi connectivity index (χ1n) is 12.1. The normalized spacial score (nSPS) is 24.7. The van der Waals surface area contributed by atoms with Gasteiger partial charge in [-0.3, -0.25) is 4.79 Å². The summed E-state index contributed by atoms with van der Waals surface area (Å²) in [5, 5.41) is 9.36. The fourth-order valence-corrected chi connectivity index (χ4v) is 6.19. The van der Waals surface area contributed by atoms with Crippen molar-refractivity contribution in [3.63, 3.8) is 0 Å². The summed E-state index contributed by atoms with van der Waals surface area (Å²) in [6.45, 7) is 3.16. The molecule has 0 saturated carbocycles. The number of carbonyl (C=O) groups is 1. The highest BCUT2D eigenvalue weighted by Gasteiger charge is 2.42. The number of fused-ring (bicyclic) bond motifs is 2. The van der Waals surface area contributed by atoms with E-state index in [2.05, 4.69) is 24.1 Å². The van der Waals surface area contributed by atoms with Gasteiger partial charge in [-0.25, -0.2) is 4.39 Å². The minimum atomic E-state index is -0.496. The summed E-state index contributed by atoms with van der Waals surface area (Å²) in [5.74, 6) is 1.10. The lowest BCUT2D eigenvalue weighted by Crippen LogP contribution is -2.56. The van der Waals surface area contributed by atoms with E-state index in [1.165, 1.54) is 17.2 Å². The number of carbonyl (C=O) groups excluding carboxylic acids is 1. The molecule has 2 saturated heterocycles. The van der Waals surface area contributed by atoms with Gasteiger partial charge in [0.2, 0.25) is 5.91 Å². The number of nitriles is 1. The van der Waals surface area contributed by atoms with E-state index in [-0.39, 0.29) is 17.4 Å². The lowest BCUT2D eigenvalue weighted by Gasteiger charge is -2.47. The summed E-state index contributed by atoms with van der Waals surface area (Å²) in [6, 6.07) is 13.5. The maximum Gasteiger partial charge on any atom is 0.227 e. The van der Waals surface area contributed by atoms with E-state index < -0.39 is 5.82 Å². The molecule has 2 aromatic rings. The summed E-state index contributed by atoms with van der Waals surface area (Å²) in [7, 11) is 3.87. The third kappa shape index (κ3) is 4.01. The standard InChI is InChI=1S/C27H31FN4O2/c1-30-17-20(13-19-14-21-18(15-25(19)30)5-3-8-26(21)34-2)27(33)32-11-9-31(10-12-32)24-7-4-6-23(28)22(24)16-29/h3-8,19-20,25H,9-15,17H2,1-2H3/t19-,20-,25-/m1/s1. The summed E-state index contributed by atoms with van der Waals surface area (Å²) in [6.07, 6.45) is 2.85. The van der Waals surface area contributed by atoms with Crippen molar-refractivity contribution >= 4 is 11.6 Å². The fraction of sp³-hybridized carbons (Fsp3) is 0.481. The fourth-order valence-electron chi connectivity index (χ4n) is 6.19. The van der Waals surface area contributed by atoms with E-state index >= 15 is 0 Å². The maximum atomic E-state index is 14.0. The molecule has 2 aromatic carbocycles. The Labute approximate surface area is 200 Å². The molecule has 0 radical (unpaired) electrons. The van der Waals surface area contributed by atoms with Gasteiger partial charge in [0.1, 0.15) is 23.2 Å². The average Bonchev–Trinajstić information content (AvgIpc) is 2.86. The van der Waals surface area contributed by atoms with Crippen molar-refractivity contribution in [2.45, 2.75) is 25.3 Å². The molecular weight excluding hydrogens is 431 g/mol. The SMILES string of the molecule is COc1cccc2c1C[C@H]1C[C@@H](C(=O)N3CCN(c4cccc(F)c4C#N)CC3)CN(C)[C@@H]1C2. The lowest BCUT2D eigenvalue weighted by molar-refractivity contribution is -0.139. The van der Waals surface area contributed by atoms with Crippen LogP contribution in [0, 0.1) is 29.0 Å². The van der Waals surface area contributed by atoms with Crippen LogP contribution in [-0.2, 0) is 17.6 Å². The summed E-state index contributed by atoms with van der Waals surface area (Å²) >= 11 is 0. The van der Waals surface area contributed by atoms with Crippen LogP contribution in [0.4, 0.5) is 10.1 Å². The Morgan fingerprint density at radius 3 is 2.62 bits per heavy atom. The molecule has 5 rings (SSSR count). The zero-order chi connectivity index (χ0) is 23.8. The minimum absolute atomic E-state index is 0.0158. The van der Waals surface area contributed by atoms with Crippen molar-refractivity contribution in [2.24, 2.45) is 11.8 Å². The van der Waals surface area contributed by atoms with Gasteiger partial charge in [-0.2, -0.15) is 5.26 Å². The molecule has 7 heteroatoms. The third-order valence-electron chi connectivity index (χ3n) is 7.94. The van der Waals surface area contributed by atoms with E-state index in [0.717, 1.165) is 31.6 Å². The number of methoxy groups -OCH3 is 1. The van der Waals surface area contributed by atoms with E-state index in [1.54, 1.807) is 19.2 Å². The topological polar surface area (TPSA) is 59.8 Å². The van der Waals surface area contributed by atoms with Crippen LogP contribution in [0.1, 0.15) is 23.1 Å². The number of benzene rings is 2. The van der Waals surface area contributed by atoms with E-state index in [0.29, 0.717) is 43.8 Å². The van der Waals surface area contributed by atoms with Crippen LogP contribution < -0.4 is 9.64 Å². The molecule has 0 N–H and O–H groups in total. The summed E-state index contributed by atoms with van der Waals surface area (Å²) in [5.41, 5.74) is 3.35. The Kier molecular flexibility index (Phi) is 6.18. The van der Waals surface area contributed by atoms with Crippen molar-refractivity contribution in [1.29, 1.82) is 5.26 Å². The number of halogens is 1. The van der Waals surface area contributed by atoms with Crippen molar-refractivity contribution in [1.82, 2.24) is 9.80 Å². The first-order chi connectivity index (χ1) is 16.5. The second kappa shape index (κ2) is 9.27. The molecule has 2 heterocycles. The number of piperidine rings is 1. The molecule has 1 aliphatic carbocycles. The molecule has 178 valence electrons. The molecule has 1 amide bonds. The highest BCUT2D eigenvalue weighted by Crippen LogP contribution is 2.40. The van der Waals surface area contributed by atoms with Crippen LogP contribution in [0.3, 0.4) is 0 Å². The Hall–Kier alpha value is -3.11. The van der Waals surface area contributed by atoms with Gasteiger partial charge >= 0.3 is 0 Å². The molecule has 0 spiro atoms. The number of piperazine rings is 1. The molecule has 34 heavy (non-hydrogen) atoms. The largest absolute Gasteiger partial charge is 0.496 e. The molecule has 3 aliphatic rings. The van der Waals surface area contributed by atoms with Crippen molar-refractivity contribution in [3.05, 3.63) is 58.9 Å². The predicted molar refractivity (Wildman–Crippen MR) is 128 cm³/mol. The average molecular weight is 463 g/mol. The van der Waals surface area contributed by atoms with E-state index in [4.69, 9.17) is 4.74 Å². The highest BCUT2D eigenvalue weighted by molar-refractivity contribution is 5.79. The number of amides is 1. The number of hydrogen-bond acceptors (Lipinski definition) is 5. The predicted octanol–water partition coefficient (Wildman–Crippen LogP) is 3.09. The van der Waals surface area contributed by atoms with Crippen molar-refractivity contribution in [3.8, 4) is 11.8 Å². The van der Waals surface area contributed by atoms with Crippen LogP contribution in [0.2, 0.25) is 0 Å². The number of likely N-dealkylation sites (N-methyl/N-ethyl adjacent to an activating group) is 1. The van der Waals surface area contributed by atoms with Gasteiger partial charge in [0.25, 0.3) is 0 Å². The molecule has 0 bridgehead atoms. The van der Waals surface area contributed by atoms with E-state index in [1.807, 2.05) is 21.9 Å².